The van der Waals surface area contributed by atoms with E-state index in [1.165, 1.54) is 19.3 Å². The van der Waals surface area contributed by atoms with E-state index in [0.29, 0.717) is 38.4 Å². The van der Waals surface area contributed by atoms with E-state index in [1.54, 1.807) is 25.3 Å². The van der Waals surface area contributed by atoms with Crippen molar-refractivity contribution in [1.29, 1.82) is 0 Å². The lowest BCUT2D eigenvalue weighted by atomic mass is 9.85. The minimum atomic E-state index is -0.345. The normalized spacial score (nSPS) is 12.7. The molecule has 4 aromatic rings. The summed E-state index contributed by atoms with van der Waals surface area (Å²) in [4.78, 5) is 28.7. The largest absolute Gasteiger partial charge is 0.497 e. The molecule has 1 heterocycles. The Morgan fingerprint density at radius 3 is 1.90 bits per heavy atom. The number of hydrogen-bond donors (Lipinski definition) is 0. The molecular weight excluding hydrogens is 670 g/mol. The Morgan fingerprint density at radius 2 is 1.31 bits per heavy atom. The summed E-state index contributed by atoms with van der Waals surface area (Å²) in [5.41, 5.74) is 3.36. The fraction of sp³-hybridized carbons (Fsp3) is 0.293. The van der Waals surface area contributed by atoms with Crippen molar-refractivity contribution in [2.24, 2.45) is 0 Å². The van der Waals surface area contributed by atoms with Gasteiger partial charge in [-0.1, -0.05) is 24.3 Å². The second-order valence-corrected chi connectivity index (χ2v) is 11.0. The van der Waals surface area contributed by atoms with Gasteiger partial charge < -0.3 is 28.4 Å². The highest BCUT2D eigenvalue weighted by molar-refractivity contribution is 6.19. The first-order valence-electron chi connectivity index (χ1n) is 16.7. The van der Waals surface area contributed by atoms with Crippen LogP contribution in [0, 0.1) is 0 Å². The molecule has 1 atom stereocenters. The molecule has 0 saturated carbocycles. The van der Waals surface area contributed by atoms with Crippen LogP contribution in [0.2, 0.25) is 0 Å². The number of halogens is 1. The number of methoxy groups -OCH3 is 2. The van der Waals surface area contributed by atoms with Crippen LogP contribution in [0.5, 0.6) is 28.7 Å². The van der Waals surface area contributed by atoms with Crippen LogP contribution in [0.1, 0.15) is 50.4 Å². The monoisotopic (exact) mass is 715 g/mol. The second-order valence-electron chi connectivity index (χ2n) is 11.0. The van der Waals surface area contributed by atoms with Crippen molar-refractivity contribution < 1.29 is 38.0 Å². The molecule has 1 aliphatic carbocycles. The predicted molar refractivity (Wildman–Crippen MR) is 202 cm³/mol. The number of ketones is 2. The molecule has 0 radical (unpaired) electrons. The first kappa shape index (κ1) is 40.2. The van der Waals surface area contributed by atoms with Crippen LogP contribution in [-0.2, 0) is 20.7 Å². The van der Waals surface area contributed by atoms with Crippen molar-refractivity contribution in [2.45, 2.75) is 40.0 Å². The van der Waals surface area contributed by atoms with Crippen LogP contribution in [0.3, 0.4) is 0 Å². The van der Waals surface area contributed by atoms with E-state index in [1.807, 2.05) is 76.4 Å². The number of aromatic nitrogens is 1. The lowest BCUT2D eigenvalue weighted by Crippen LogP contribution is -2.18. The van der Waals surface area contributed by atoms with Gasteiger partial charge >= 0.3 is 0 Å². The molecule has 1 aliphatic rings. The molecule has 0 spiro atoms. The Labute approximate surface area is 306 Å². The third-order valence-corrected chi connectivity index (χ3v) is 7.83. The number of nitrogens with zero attached hydrogens (tertiary/aromatic N) is 1. The number of ether oxygens (including phenoxy) is 6. The van der Waals surface area contributed by atoms with Gasteiger partial charge in [0.15, 0.2) is 34.5 Å². The number of carbonyl (C=O) groups excluding carboxylic acids is 2. The van der Waals surface area contributed by atoms with E-state index >= 15 is 0 Å². The molecule has 51 heavy (non-hydrogen) atoms. The predicted octanol–water partition coefficient (Wildman–Crippen LogP) is 8.42. The number of rotatable bonds is 15. The van der Waals surface area contributed by atoms with Gasteiger partial charge in [-0.2, -0.15) is 0 Å². The summed E-state index contributed by atoms with van der Waals surface area (Å²) < 4.78 is 33.0. The second kappa shape index (κ2) is 19.8. The van der Waals surface area contributed by atoms with Gasteiger partial charge in [0.25, 0.3) is 0 Å². The van der Waals surface area contributed by atoms with Crippen molar-refractivity contribution in [3.63, 3.8) is 0 Å². The number of fused-ring (bicyclic) bond motifs is 1. The highest BCUT2D eigenvalue weighted by Gasteiger charge is 2.26. The van der Waals surface area contributed by atoms with Crippen LogP contribution >= 0.6 is 12.4 Å². The third kappa shape index (κ3) is 10.1. The van der Waals surface area contributed by atoms with E-state index in [0.717, 1.165) is 56.3 Å². The van der Waals surface area contributed by atoms with E-state index in [9.17, 15) is 9.59 Å². The van der Waals surface area contributed by atoms with Crippen molar-refractivity contribution in [3.8, 4) is 28.7 Å². The Kier molecular flexibility index (Phi) is 15.6. The summed E-state index contributed by atoms with van der Waals surface area (Å²) in [6.07, 6.45) is 6.70. The molecule has 10 heteroatoms. The number of carbonyl (C=O) groups is 2. The van der Waals surface area contributed by atoms with E-state index in [2.05, 4.69) is 17.6 Å². The van der Waals surface area contributed by atoms with Gasteiger partial charge in [-0.15, -0.1) is 19.0 Å². The molecule has 0 bridgehead atoms. The molecule has 270 valence electrons. The zero-order valence-corrected chi connectivity index (χ0v) is 30.8. The quantitative estimate of drug-likeness (QED) is 0.0887. The minimum absolute atomic E-state index is 0. The average Bonchev–Trinajstić information content (AvgIpc) is 3.12. The maximum absolute atomic E-state index is 12.2. The SMILES string of the molecule is C=CC(C1=CC(=O)C(OC)=CC1=O)c1ccc(OC)cc1.CCOc1ccc(Cc2nccc3cc(OCC)c(OCC)cc23)cc1OCC.Cl. The molecule has 1 aromatic heterocycles. The highest BCUT2D eigenvalue weighted by Crippen LogP contribution is 2.35. The van der Waals surface area contributed by atoms with Crippen LogP contribution in [0.4, 0.5) is 0 Å². The lowest BCUT2D eigenvalue weighted by Gasteiger charge is -2.18. The van der Waals surface area contributed by atoms with Gasteiger partial charge in [-0.25, -0.2) is 0 Å². The van der Waals surface area contributed by atoms with Crippen molar-refractivity contribution in [2.75, 3.05) is 40.6 Å². The molecule has 0 N–H and O–H groups in total. The maximum atomic E-state index is 12.2. The maximum Gasteiger partial charge on any atom is 0.220 e. The molecule has 0 saturated heterocycles. The van der Waals surface area contributed by atoms with E-state index in [4.69, 9.17) is 28.4 Å². The zero-order chi connectivity index (χ0) is 36.0. The minimum Gasteiger partial charge on any atom is -0.497 e. The summed E-state index contributed by atoms with van der Waals surface area (Å²) in [6.45, 7) is 14.0. The highest BCUT2D eigenvalue weighted by atomic mass is 35.5. The number of allylic oxidation sites excluding steroid dienone is 4. The van der Waals surface area contributed by atoms with Crippen LogP contribution in [0.25, 0.3) is 10.8 Å². The molecule has 0 fully saturated rings. The van der Waals surface area contributed by atoms with Crippen LogP contribution in [0.15, 0.2) is 103 Å². The standard InChI is InChI=1S/C24H29NO4.C17H16O4.ClH/c1-5-26-21-10-9-17(14-22(21)27-6-2)13-20-19-16-24(29-8-4)23(28-7-3)15-18(19)11-12-25-20;1-4-13(11-5-7-12(20-2)8-6-11)14-9-16(19)17(21-3)10-15(14)18;/h9-12,14-16H,5-8,13H2,1-4H3;4-10,13H,1H2,2-3H3;1H. The van der Waals surface area contributed by atoms with Gasteiger partial charge in [0.2, 0.25) is 5.78 Å². The number of benzene rings is 3. The average molecular weight is 716 g/mol. The summed E-state index contributed by atoms with van der Waals surface area (Å²) in [7, 11) is 2.95. The smallest absolute Gasteiger partial charge is 0.220 e. The van der Waals surface area contributed by atoms with Crippen LogP contribution in [-0.4, -0.2) is 57.2 Å². The van der Waals surface area contributed by atoms with Crippen molar-refractivity contribution in [1.82, 2.24) is 4.98 Å². The Hall–Kier alpha value is -5.28. The summed E-state index contributed by atoms with van der Waals surface area (Å²) >= 11 is 0. The van der Waals surface area contributed by atoms with Gasteiger partial charge in [0.1, 0.15) is 5.75 Å². The molecule has 0 amide bonds. The summed E-state index contributed by atoms with van der Waals surface area (Å²) in [6, 6.07) is 19.4. The molecule has 3 aromatic carbocycles. The number of hydrogen-bond acceptors (Lipinski definition) is 9. The Balaban J connectivity index is 0.000000284. The van der Waals surface area contributed by atoms with Gasteiger partial charge in [-0.05, 0) is 92.7 Å². The van der Waals surface area contributed by atoms with Crippen LogP contribution < -0.4 is 23.7 Å². The van der Waals surface area contributed by atoms with Gasteiger partial charge in [0, 0.05) is 35.6 Å². The summed E-state index contributed by atoms with van der Waals surface area (Å²) in [5.74, 6) is 2.92. The lowest BCUT2D eigenvalue weighted by molar-refractivity contribution is -0.117. The van der Waals surface area contributed by atoms with Crippen molar-refractivity contribution in [3.05, 3.63) is 120 Å². The first-order valence-corrected chi connectivity index (χ1v) is 16.7. The third-order valence-electron chi connectivity index (χ3n) is 7.83. The summed E-state index contributed by atoms with van der Waals surface area (Å²) in [5, 5.41) is 2.14. The molecule has 1 unspecified atom stereocenters. The molecule has 9 nitrogen and oxygen atoms in total. The van der Waals surface area contributed by atoms with E-state index < -0.39 is 0 Å². The molecule has 5 rings (SSSR count). The topological polar surface area (TPSA) is 102 Å². The molecular formula is C41H46ClNO8. The first-order chi connectivity index (χ1) is 24.3. The Bertz CT molecular complexity index is 1870. The van der Waals surface area contributed by atoms with Gasteiger partial charge in [0.05, 0.1) is 46.3 Å². The molecule has 0 aliphatic heterocycles. The van der Waals surface area contributed by atoms with E-state index in [-0.39, 0.29) is 35.7 Å². The fourth-order valence-electron chi connectivity index (χ4n) is 5.53. The van der Waals surface area contributed by atoms with Gasteiger partial charge in [-0.3, -0.25) is 14.6 Å². The Morgan fingerprint density at radius 1 is 0.706 bits per heavy atom. The zero-order valence-electron chi connectivity index (χ0n) is 30.0. The fourth-order valence-corrected chi connectivity index (χ4v) is 5.53. The number of pyridine rings is 1. The van der Waals surface area contributed by atoms with Crippen molar-refractivity contribution >= 4 is 34.7 Å².